The fraction of sp³-hybridized carbons (Fsp3) is 0.556. The van der Waals surface area contributed by atoms with Gasteiger partial charge in [0.2, 0.25) is 0 Å². The first-order valence-corrected chi connectivity index (χ1v) is 9.88. The van der Waals surface area contributed by atoms with Crippen molar-refractivity contribution in [2.24, 2.45) is 4.99 Å². The van der Waals surface area contributed by atoms with Crippen LogP contribution in [0, 0.1) is 5.82 Å². The first-order valence-electron chi connectivity index (χ1n) is 8.89. The van der Waals surface area contributed by atoms with Gasteiger partial charge in [-0.3, -0.25) is 4.99 Å². The van der Waals surface area contributed by atoms with E-state index in [1.165, 1.54) is 12.1 Å². The quantitative estimate of drug-likeness (QED) is 0.202. The van der Waals surface area contributed by atoms with Crippen LogP contribution in [0.4, 0.5) is 9.18 Å². The Labute approximate surface area is 181 Å². The van der Waals surface area contributed by atoms with Crippen LogP contribution >= 0.6 is 35.7 Å². The number of halogens is 2. The topological polar surface area (TPSA) is 66.0 Å². The molecule has 1 heterocycles. The SMILES string of the molecule is CCOC(=O)N1CCC(NC(=NC)NCCSc2ccc(F)cc2)CC1.I. The number of ether oxygens (including phenoxy) is 1. The number of likely N-dealkylation sites (tertiary alicyclic amines) is 1. The van der Waals surface area contributed by atoms with E-state index in [9.17, 15) is 9.18 Å². The summed E-state index contributed by atoms with van der Waals surface area (Å²) in [5.74, 6) is 1.40. The first-order chi connectivity index (χ1) is 12.6. The molecule has 1 fully saturated rings. The van der Waals surface area contributed by atoms with E-state index in [0.29, 0.717) is 19.7 Å². The molecule has 1 aliphatic heterocycles. The van der Waals surface area contributed by atoms with Crippen molar-refractivity contribution in [2.75, 3.05) is 39.0 Å². The highest BCUT2D eigenvalue weighted by Crippen LogP contribution is 2.17. The van der Waals surface area contributed by atoms with Crippen molar-refractivity contribution in [2.45, 2.75) is 30.7 Å². The molecule has 152 valence electrons. The molecule has 0 aliphatic carbocycles. The molecule has 6 nitrogen and oxygen atoms in total. The number of hydrogen-bond acceptors (Lipinski definition) is 4. The average Bonchev–Trinajstić information content (AvgIpc) is 2.66. The number of hydrogen-bond donors (Lipinski definition) is 2. The zero-order valence-electron chi connectivity index (χ0n) is 15.7. The molecule has 0 radical (unpaired) electrons. The second-order valence-electron chi connectivity index (χ2n) is 5.91. The van der Waals surface area contributed by atoms with E-state index in [1.807, 2.05) is 6.92 Å². The van der Waals surface area contributed by atoms with E-state index in [0.717, 1.165) is 36.0 Å². The predicted molar refractivity (Wildman–Crippen MR) is 119 cm³/mol. The molecule has 0 atom stereocenters. The summed E-state index contributed by atoms with van der Waals surface area (Å²) in [5, 5.41) is 6.70. The molecule has 1 saturated heterocycles. The second kappa shape index (κ2) is 13.0. The molecule has 1 aliphatic rings. The van der Waals surface area contributed by atoms with Gasteiger partial charge in [0, 0.05) is 43.4 Å². The van der Waals surface area contributed by atoms with Gasteiger partial charge in [-0.2, -0.15) is 0 Å². The zero-order valence-corrected chi connectivity index (χ0v) is 18.9. The maximum absolute atomic E-state index is 12.9. The van der Waals surface area contributed by atoms with Crippen molar-refractivity contribution in [3.05, 3.63) is 30.1 Å². The summed E-state index contributed by atoms with van der Waals surface area (Å²) in [6.07, 6.45) is 1.50. The Bertz CT molecular complexity index is 596. The van der Waals surface area contributed by atoms with Crippen LogP contribution in [0.1, 0.15) is 19.8 Å². The number of piperidine rings is 1. The van der Waals surface area contributed by atoms with Gasteiger partial charge in [-0.25, -0.2) is 9.18 Å². The van der Waals surface area contributed by atoms with Gasteiger partial charge < -0.3 is 20.3 Å². The third-order valence-electron chi connectivity index (χ3n) is 4.06. The zero-order chi connectivity index (χ0) is 18.8. The Hall–Kier alpha value is -1.23. The lowest BCUT2D eigenvalue weighted by Crippen LogP contribution is -2.50. The number of benzene rings is 1. The standard InChI is InChI=1S/C18H27FN4O2S.HI/c1-3-25-18(24)23-11-8-15(9-12-23)22-17(20-2)21-10-13-26-16-6-4-14(19)5-7-16;/h4-7,15H,3,8-13H2,1-2H3,(H2,20,21,22);1H. The van der Waals surface area contributed by atoms with E-state index < -0.39 is 0 Å². The fourth-order valence-corrected chi connectivity index (χ4v) is 3.45. The number of aliphatic imine (C=N–C) groups is 1. The molecule has 0 aromatic heterocycles. The van der Waals surface area contributed by atoms with Crippen LogP contribution in [-0.2, 0) is 4.74 Å². The van der Waals surface area contributed by atoms with Crippen LogP contribution in [0.15, 0.2) is 34.2 Å². The van der Waals surface area contributed by atoms with Gasteiger partial charge in [-0.1, -0.05) is 0 Å². The summed E-state index contributed by atoms with van der Waals surface area (Å²) in [4.78, 5) is 18.8. The van der Waals surface area contributed by atoms with Crippen molar-refractivity contribution in [3.63, 3.8) is 0 Å². The summed E-state index contributed by atoms with van der Waals surface area (Å²) < 4.78 is 17.9. The van der Waals surface area contributed by atoms with Gasteiger partial charge in [-0.15, -0.1) is 35.7 Å². The van der Waals surface area contributed by atoms with Crippen LogP contribution < -0.4 is 10.6 Å². The molecule has 0 spiro atoms. The molecular weight excluding hydrogens is 482 g/mol. The Morgan fingerprint density at radius 1 is 1.33 bits per heavy atom. The smallest absolute Gasteiger partial charge is 0.409 e. The van der Waals surface area contributed by atoms with Crippen LogP contribution in [-0.4, -0.2) is 62.0 Å². The Morgan fingerprint density at radius 2 is 2.00 bits per heavy atom. The molecule has 1 amide bonds. The molecule has 0 saturated carbocycles. The van der Waals surface area contributed by atoms with Gasteiger partial charge in [0.25, 0.3) is 0 Å². The summed E-state index contributed by atoms with van der Waals surface area (Å²) in [6, 6.07) is 6.80. The van der Waals surface area contributed by atoms with Crippen molar-refractivity contribution < 1.29 is 13.9 Å². The maximum Gasteiger partial charge on any atom is 0.409 e. The minimum atomic E-state index is -0.230. The number of carbonyl (C=O) groups excluding carboxylic acids is 1. The Kier molecular flexibility index (Phi) is 11.5. The Morgan fingerprint density at radius 3 is 2.59 bits per heavy atom. The molecule has 2 N–H and O–H groups in total. The van der Waals surface area contributed by atoms with Crippen LogP contribution in [0.25, 0.3) is 0 Å². The molecule has 1 aromatic rings. The molecule has 0 bridgehead atoms. The lowest BCUT2D eigenvalue weighted by molar-refractivity contribution is 0.0963. The summed E-state index contributed by atoms with van der Waals surface area (Å²) in [6.45, 7) is 4.35. The fourth-order valence-electron chi connectivity index (χ4n) is 2.68. The molecule has 9 heteroatoms. The van der Waals surface area contributed by atoms with E-state index in [4.69, 9.17) is 4.74 Å². The summed E-state index contributed by atoms with van der Waals surface area (Å²) >= 11 is 1.67. The van der Waals surface area contributed by atoms with Gasteiger partial charge in [0.05, 0.1) is 6.61 Å². The van der Waals surface area contributed by atoms with Crippen LogP contribution in [0.3, 0.4) is 0 Å². The third-order valence-corrected chi connectivity index (χ3v) is 5.08. The summed E-state index contributed by atoms with van der Waals surface area (Å²) in [5.41, 5.74) is 0. The average molecular weight is 510 g/mol. The van der Waals surface area contributed by atoms with Crippen molar-refractivity contribution in [1.29, 1.82) is 0 Å². The first kappa shape index (κ1) is 23.8. The molecule has 1 aromatic carbocycles. The highest BCUT2D eigenvalue weighted by molar-refractivity contribution is 14.0. The van der Waals surface area contributed by atoms with Gasteiger partial charge in [0.15, 0.2) is 5.96 Å². The number of amides is 1. The van der Waals surface area contributed by atoms with Gasteiger partial charge >= 0.3 is 6.09 Å². The van der Waals surface area contributed by atoms with E-state index in [1.54, 1.807) is 35.8 Å². The normalized spacial score (nSPS) is 15.1. The lowest BCUT2D eigenvalue weighted by atomic mass is 10.1. The van der Waals surface area contributed by atoms with E-state index in [-0.39, 0.29) is 41.9 Å². The van der Waals surface area contributed by atoms with Crippen molar-refractivity contribution in [1.82, 2.24) is 15.5 Å². The van der Waals surface area contributed by atoms with Crippen LogP contribution in [0.5, 0.6) is 0 Å². The number of nitrogens with zero attached hydrogens (tertiary/aromatic N) is 2. The number of carbonyl (C=O) groups is 1. The highest BCUT2D eigenvalue weighted by atomic mass is 127. The van der Waals surface area contributed by atoms with Crippen LogP contribution in [0.2, 0.25) is 0 Å². The molecular formula is C18H28FIN4O2S. The number of thioether (sulfide) groups is 1. The number of guanidine groups is 1. The third kappa shape index (κ3) is 8.54. The maximum atomic E-state index is 12.9. The minimum Gasteiger partial charge on any atom is -0.450 e. The lowest BCUT2D eigenvalue weighted by Gasteiger charge is -2.32. The molecule has 27 heavy (non-hydrogen) atoms. The monoisotopic (exact) mass is 510 g/mol. The van der Waals surface area contributed by atoms with Gasteiger partial charge in [0.1, 0.15) is 5.82 Å². The minimum absolute atomic E-state index is 0. The number of rotatable bonds is 6. The van der Waals surface area contributed by atoms with Crippen molar-refractivity contribution in [3.8, 4) is 0 Å². The number of nitrogens with one attached hydrogen (secondary N) is 2. The molecule has 0 unspecified atom stereocenters. The second-order valence-corrected chi connectivity index (χ2v) is 7.07. The highest BCUT2D eigenvalue weighted by Gasteiger charge is 2.23. The van der Waals surface area contributed by atoms with Crippen molar-refractivity contribution >= 4 is 47.8 Å². The predicted octanol–water partition coefficient (Wildman–Crippen LogP) is 3.32. The van der Waals surface area contributed by atoms with Gasteiger partial charge in [-0.05, 0) is 44.0 Å². The molecule has 2 rings (SSSR count). The summed E-state index contributed by atoms with van der Waals surface area (Å²) in [7, 11) is 1.75. The Balaban J connectivity index is 0.00000364. The van der Waals surface area contributed by atoms with E-state index >= 15 is 0 Å². The van der Waals surface area contributed by atoms with E-state index in [2.05, 4.69) is 15.6 Å². The largest absolute Gasteiger partial charge is 0.450 e.